The summed E-state index contributed by atoms with van der Waals surface area (Å²) in [6.45, 7) is 10.7. The molecule has 4 rings (SSSR count). The van der Waals surface area contributed by atoms with Crippen molar-refractivity contribution in [1.29, 1.82) is 0 Å². The average molecular weight is 628 g/mol. The van der Waals surface area contributed by atoms with E-state index in [4.69, 9.17) is 16.6 Å². The number of benzene rings is 1. The summed E-state index contributed by atoms with van der Waals surface area (Å²) in [5, 5.41) is 3.87. The first-order valence-electron chi connectivity index (χ1n) is 14.0. The minimum Gasteiger partial charge on any atom is -0.353 e. The smallest absolute Gasteiger partial charge is 0.237 e. The number of nitrogens with zero attached hydrogens (tertiary/aromatic N) is 3. The zero-order valence-corrected chi connectivity index (χ0v) is 26.4. The average Bonchev–Trinajstić information content (AvgIpc) is 3.05. The van der Waals surface area contributed by atoms with Crippen LogP contribution in [0.15, 0.2) is 59.5 Å². The highest BCUT2D eigenvalue weighted by molar-refractivity contribution is 9.10. The van der Waals surface area contributed by atoms with Crippen LogP contribution in [0.2, 0.25) is 5.02 Å². The van der Waals surface area contributed by atoms with Crippen molar-refractivity contribution in [3.8, 4) is 0 Å². The Morgan fingerprint density at radius 3 is 2.50 bits per heavy atom. The van der Waals surface area contributed by atoms with Crippen LogP contribution in [0, 0.1) is 0 Å². The number of aryl methyl sites for hydroxylation is 2. The lowest BCUT2D eigenvalue weighted by Crippen LogP contribution is -2.50. The number of carbonyl (C=O) groups is 2. The van der Waals surface area contributed by atoms with Gasteiger partial charge in [-0.05, 0) is 115 Å². The molecule has 1 N–H and O–H groups in total. The van der Waals surface area contributed by atoms with E-state index in [2.05, 4.69) is 63.2 Å². The van der Waals surface area contributed by atoms with Crippen molar-refractivity contribution < 1.29 is 9.59 Å². The number of pyridine rings is 2. The van der Waals surface area contributed by atoms with Gasteiger partial charge in [0.1, 0.15) is 5.78 Å². The summed E-state index contributed by atoms with van der Waals surface area (Å²) >= 11 is 9.93. The second kappa shape index (κ2) is 15.4. The molecule has 2 heterocycles. The van der Waals surface area contributed by atoms with Crippen LogP contribution in [-0.2, 0) is 28.9 Å². The lowest BCUT2D eigenvalue weighted by molar-refractivity contribution is -0.128. The third-order valence-corrected chi connectivity index (χ3v) is 7.47. The van der Waals surface area contributed by atoms with Gasteiger partial charge in [-0.3, -0.25) is 24.5 Å². The highest BCUT2D eigenvalue weighted by Crippen LogP contribution is 2.39. The Labute approximate surface area is 252 Å². The number of hydrogen-bond donors (Lipinski definition) is 1. The molecule has 0 saturated heterocycles. The molecule has 40 heavy (non-hydrogen) atoms. The number of rotatable bonds is 9. The summed E-state index contributed by atoms with van der Waals surface area (Å²) in [5.41, 5.74) is 5.69. The van der Waals surface area contributed by atoms with Gasteiger partial charge >= 0.3 is 0 Å². The predicted octanol–water partition coefficient (Wildman–Crippen LogP) is 6.91. The van der Waals surface area contributed by atoms with Gasteiger partial charge in [-0.1, -0.05) is 37.6 Å². The van der Waals surface area contributed by atoms with Crippen LogP contribution in [0.4, 0.5) is 0 Å². The summed E-state index contributed by atoms with van der Waals surface area (Å²) in [6, 6.07) is 11.9. The van der Waals surface area contributed by atoms with Crippen LogP contribution < -0.4 is 5.32 Å². The maximum absolute atomic E-state index is 13.2. The number of Topliss-reactive ketones (excluding diaryl/α,β-unsaturated/α-hetero) is 1. The lowest BCUT2D eigenvalue weighted by atomic mass is 9.94. The first-order valence-corrected chi connectivity index (χ1v) is 15.2. The molecule has 8 heteroatoms. The molecule has 214 valence electrons. The molecule has 1 aromatic carbocycles. The van der Waals surface area contributed by atoms with Gasteiger partial charge < -0.3 is 5.32 Å². The number of aromatic nitrogens is 2. The second-order valence-electron chi connectivity index (χ2n) is 10.5. The molecule has 1 aliphatic carbocycles. The molecule has 6 nitrogen and oxygen atoms in total. The monoisotopic (exact) mass is 626 g/mol. The van der Waals surface area contributed by atoms with Crippen molar-refractivity contribution in [3.63, 3.8) is 0 Å². The van der Waals surface area contributed by atoms with E-state index in [-0.39, 0.29) is 29.8 Å². The Morgan fingerprint density at radius 1 is 1.12 bits per heavy atom. The second-order valence-corrected chi connectivity index (χ2v) is 11.9. The van der Waals surface area contributed by atoms with Crippen LogP contribution in [0.25, 0.3) is 0 Å². The number of amides is 1. The maximum atomic E-state index is 13.2. The topological polar surface area (TPSA) is 75.2 Å². The van der Waals surface area contributed by atoms with Gasteiger partial charge in [-0.25, -0.2) is 0 Å². The van der Waals surface area contributed by atoms with Gasteiger partial charge in [0.25, 0.3) is 0 Å². The normalized spacial score (nSPS) is 14.9. The minimum absolute atomic E-state index is 0.0781. The number of hydrogen-bond acceptors (Lipinski definition) is 5. The van der Waals surface area contributed by atoms with E-state index in [0.29, 0.717) is 6.42 Å². The first-order chi connectivity index (χ1) is 19.1. The number of ketones is 1. The molecular formula is C32H40BrClN4O2. The lowest BCUT2D eigenvalue weighted by Gasteiger charge is -2.38. The molecule has 1 amide bonds. The van der Waals surface area contributed by atoms with Crippen molar-refractivity contribution in [1.82, 2.24) is 20.2 Å². The fourth-order valence-electron chi connectivity index (χ4n) is 5.21. The molecule has 3 aromatic rings. The summed E-state index contributed by atoms with van der Waals surface area (Å²) in [6.07, 6.45) is 9.28. The minimum atomic E-state index is -0.225. The molecule has 0 saturated carbocycles. The molecule has 0 aliphatic heterocycles. The number of halogens is 2. The summed E-state index contributed by atoms with van der Waals surface area (Å²) in [4.78, 5) is 34.8. The summed E-state index contributed by atoms with van der Waals surface area (Å²) in [7, 11) is 0. The molecule has 2 atom stereocenters. The van der Waals surface area contributed by atoms with Gasteiger partial charge in [0.15, 0.2) is 0 Å². The van der Waals surface area contributed by atoms with Gasteiger partial charge in [-0.15, -0.1) is 0 Å². The fraction of sp³-hybridized carbons (Fsp3) is 0.438. The largest absolute Gasteiger partial charge is 0.353 e. The third-order valence-electron chi connectivity index (χ3n) is 6.80. The molecular weight excluding hydrogens is 588 g/mol. The number of carbonyl (C=O) groups excluding carboxylic acids is 2. The van der Waals surface area contributed by atoms with Gasteiger partial charge in [0, 0.05) is 40.5 Å². The number of fused-ring (bicyclic) bond motifs is 2. The van der Waals surface area contributed by atoms with Crippen LogP contribution in [0.3, 0.4) is 0 Å². The Morgan fingerprint density at radius 2 is 1.88 bits per heavy atom. The van der Waals surface area contributed by atoms with Crippen LogP contribution in [0.5, 0.6) is 0 Å². The van der Waals surface area contributed by atoms with Gasteiger partial charge in [-0.2, -0.15) is 0 Å². The van der Waals surface area contributed by atoms with Crippen LogP contribution in [0.1, 0.15) is 81.4 Å². The maximum Gasteiger partial charge on any atom is 0.237 e. The third kappa shape index (κ3) is 8.69. The van der Waals surface area contributed by atoms with Gasteiger partial charge in [0.2, 0.25) is 5.91 Å². The van der Waals surface area contributed by atoms with Crippen LogP contribution >= 0.6 is 27.5 Å². The first kappa shape index (κ1) is 31.9. The standard InChI is InChI=1S/C24H31BrClN3O.C8H9NO/c1-5-11-29(21(6-2)24(30)28-15(3)4)23-20-10-9-19(26)13-16(20)7-8-17-12-18(25)14-27-22(17)23;1-7(10)5-8-3-2-4-9-6-8/h9-10,12-15,21,23H,5-8,11H2,1-4H3,(H,28,30);2-4,6H,5H2,1H3. The molecule has 2 unspecified atom stereocenters. The molecule has 0 fully saturated rings. The molecule has 2 aromatic heterocycles. The van der Waals surface area contributed by atoms with E-state index in [1.807, 2.05) is 38.2 Å². The van der Waals surface area contributed by atoms with Crippen molar-refractivity contribution in [3.05, 3.63) is 92.4 Å². The summed E-state index contributed by atoms with van der Waals surface area (Å²) in [5.74, 6) is 0.257. The Bertz CT molecular complexity index is 1230. The van der Waals surface area contributed by atoms with E-state index >= 15 is 0 Å². The molecule has 0 radical (unpaired) electrons. The molecule has 0 bridgehead atoms. The zero-order chi connectivity index (χ0) is 29.2. The number of nitrogens with one attached hydrogen (secondary N) is 1. The summed E-state index contributed by atoms with van der Waals surface area (Å²) < 4.78 is 0.982. The van der Waals surface area contributed by atoms with Crippen molar-refractivity contribution in [2.45, 2.75) is 84.8 Å². The van der Waals surface area contributed by atoms with Crippen molar-refractivity contribution >= 4 is 39.2 Å². The Balaban J connectivity index is 0.000000371. The Hall–Kier alpha value is -2.61. The fourth-order valence-corrected chi connectivity index (χ4v) is 5.79. The van der Waals surface area contributed by atoms with Crippen molar-refractivity contribution in [2.75, 3.05) is 6.54 Å². The SMILES string of the molecule is CC(=O)Cc1cccnc1.CCCN(C(CC)C(=O)NC(C)C)C1c2ccc(Cl)cc2CCc2cc(Br)cnc21. The van der Waals surface area contributed by atoms with Gasteiger partial charge in [0.05, 0.1) is 17.8 Å². The highest BCUT2D eigenvalue weighted by atomic mass is 79.9. The van der Waals surface area contributed by atoms with E-state index in [0.717, 1.165) is 53.0 Å². The zero-order valence-electron chi connectivity index (χ0n) is 24.1. The van der Waals surface area contributed by atoms with E-state index < -0.39 is 0 Å². The predicted molar refractivity (Wildman–Crippen MR) is 166 cm³/mol. The highest BCUT2D eigenvalue weighted by Gasteiger charge is 2.36. The van der Waals surface area contributed by atoms with E-state index in [9.17, 15) is 9.59 Å². The molecule has 0 spiro atoms. The van der Waals surface area contributed by atoms with Crippen LogP contribution in [-0.4, -0.2) is 45.2 Å². The molecule has 1 aliphatic rings. The van der Waals surface area contributed by atoms with E-state index in [1.54, 1.807) is 19.3 Å². The quantitative estimate of drug-likeness (QED) is 0.279. The van der Waals surface area contributed by atoms with Crippen molar-refractivity contribution in [2.24, 2.45) is 0 Å². The Kier molecular flexibility index (Phi) is 12.3. The van der Waals surface area contributed by atoms with E-state index in [1.165, 1.54) is 16.7 Å².